The topological polar surface area (TPSA) is 3.01 Å². The average Bonchev–Trinajstić information content (AvgIpc) is 2.45. The number of hydrogen-bond donors (Lipinski definition) is 0. The molecule has 0 spiro atoms. The number of hydrogen-bond acceptors (Lipinski definition) is 0. The van der Waals surface area contributed by atoms with Gasteiger partial charge in [-0.05, 0) is 65.1 Å². The van der Waals surface area contributed by atoms with Crippen LogP contribution in [0, 0.1) is 7.14 Å². The van der Waals surface area contributed by atoms with E-state index in [1.54, 1.807) is 0 Å². The van der Waals surface area contributed by atoms with Crippen LogP contribution < -0.4 is 0 Å². The van der Waals surface area contributed by atoms with Gasteiger partial charge >= 0.3 is 0 Å². The number of unbranched alkanes of at least 4 members (excludes halogenated alkanes) is 1. The first kappa shape index (κ1) is 14.8. The molecule has 3 heteroatoms. The first-order valence-corrected chi connectivity index (χ1v) is 8.66. The van der Waals surface area contributed by atoms with Gasteiger partial charge in [-0.2, -0.15) is 4.58 Å². The predicted molar refractivity (Wildman–Crippen MR) is 95.3 cm³/mol. The minimum absolute atomic E-state index is 0.171. The van der Waals surface area contributed by atoms with Crippen molar-refractivity contribution in [3.8, 4) is 0 Å². The highest BCUT2D eigenvalue weighted by atomic mass is 127. The molecule has 1 nitrogen and oxygen atoms in total. The van der Waals surface area contributed by atoms with E-state index in [1.807, 2.05) is 0 Å². The highest BCUT2D eigenvalue weighted by Gasteiger charge is 2.44. The molecule has 98 valence electrons. The molecule has 1 aromatic rings. The summed E-state index contributed by atoms with van der Waals surface area (Å²) in [5.41, 5.74) is 4.61. The normalized spacial score (nSPS) is 17.2. The van der Waals surface area contributed by atoms with Crippen LogP contribution in [0.15, 0.2) is 12.1 Å². The van der Waals surface area contributed by atoms with Gasteiger partial charge in [0.15, 0.2) is 5.71 Å². The lowest BCUT2D eigenvalue weighted by Crippen LogP contribution is -2.27. The molecule has 0 saturated heterocycles. The molecule has 1 aromatic carbocycles. The van der Waals surface area contributed by atoms with Gasteiger partial charge in [-0.25, -0.2) is 0 Å². The van der Waals surface area contributed by atoms with Crippen LogP contribution in [-0.2, 0) is 5.41 Å². The molecule has 0 aliphatic carbocycles. The van der Waals surface area contributed by atoms with Crippen LogP contribution in [0.4, 0.5) is 5.69 Å². The smallest absolute Gasteiger partial charge is 0.199 e. The lowest BCUT2D eigenvalue weighted by molar-refractivity contribution is -0.439. The molecule has 0 radical (unpaired) electrons. The zero-order chi connectivity index (χ0) is 13.5. The van der Waals surface area contributed by atoms with Gasteiger partial charge in [-0.3, -0.25) is 0 Å². The third kappa shape index (κ3) is 2.37. The van der Waals surface area contributed by atoms with Crippen LogP contribution >= 0.6 is 45.2 Å². The number of halogens is 2. The molecular weight excluding hydrogens is 448 g/mol. The Morgan fingerprint density at radius 1 is 1.22 bits per heavy atom. The van der Waals surface area contributed by atoms with Crippen LogP contribution in [0.25, 0.3) is 0 Å². The van der Waals surface area contributed by atoms with Gasteiger partial charge in [-0.15, -0.1) is 0 Å². The summed E-state index contributed by atoms with van der Waals surface area (Å²) >= 11 is 4.91. The van der Waals surface area contributed by atoms with E-state index in [0.717, 1.165) is 6.54 Å². The van der Waals surface area contributed by atoms with Crippen LogP contribution in [-0.4, -0.2) is 16.8 Å². The second kappa shape index (κ2) is 5.38. The summed E-state index contributed by atoms with van der Waals surface area (Å²) in [6.07, 6.45) is 2.51. The number of benzene rings is 1. The van der Waals surface area contributed by atoms with Crippen molar-refractivity contribution in [3.05, 3.63) is 24.8 Å². The van der Waals surface area contributed by atoms with Gasteiger partial charge in [0.1, 0.15) is 6.54 Å². The maximum Gasteiger partial charge on any atom is 0.211 e. The fourth-order valence-corrected chi connectivity index (χ4v) is 5.18. The molecule has 0 aromatic heterocycles. The van der Waals surface area contributed by atoms with Gasteiger partial charge in [0.25, 0.3) is 0 Å². The zero-order valence-electron chi connectivity index (χ0n) is 11.5. The van der Waals surface area contributed by atoms with E-state index >= 15 is 0 Å². The lowest BCUT2D eigenvalue weighted by Gasteiger charge is -2.16. The van der Waals surface area contributed by atoms with E-state index < -0.39 is 0 Å². The molecule has 1 aliphatic heterocycles. The van der Waals surface area contributed by atoms with E-state index in [4.69, 9.17) is 0 Å². The minimum Gasteiger partial charge on any atom is -0.199 e. The summed E-state index contributed by atoms with van der Waals surface area (Å²) in [6.45, 7) is 10.4. The molecule has 1 heterocycles. The fraction of sp³-hybridized carbons (Fsp3) is 0.533. The van der Waals surface area contributed by atoms with E-state index in [0.29, 0.717) is 0 Å². The highest BCUT2D eigenvalue weighted by molar-refractivity contribution is 14.1. The second-order valence-corrected chi connectivity index (χ2v) is 7.91. The number of rotatable bonds is 3. The summed E-state index contributed by atoms with van der Waals surface area (Å²) in [7, 11) is 0. The second-order valence-electron chi connectivity index (χ2n) is 5.50. The Morgan fingerprint density at radius 3 is 2.50 bits per heavy atom. The maximum atomic E-state index is 2.53. The molecule has 0 N–H and O–H groups in total. The van der Waals surface area contributed by atoms with Gasteiger partial charge < -0.3 is 0 Å². The monoisotopic (exact) mass is 468 g/mol. The Hall–Kier alpha value is 0.350. The SMILES string of the molecule is CCCC[N+]1=C(C)C(C)(C)c2c(I)cc(I)cc21. The maximum absolute atomic E-state index is 2.53. The van der Waals surface area contributed by atoms with Crippen molar-refractivity contribution < 1.29 is 4.58 Å². The van der Waals surface area contributed by atoms with Crippen molar-refractivity contribution in [2.45, 2.75) is 46.0 Å². The van der Waals surface area contributed by atoms with Crippen LogP contribution in [0.3, 0.4) is 0 Å². The standard InChI is InChI=1S/C15H20I2N/c1-5-6-7-18-10(2)15(3,4)14-12(17)8-11(16)9-13(14)18/h8-9H,5-7H2,1-4H3/q+1. The van der Waals surface area contributed by atoms with Crippen molar-refractivity contribution in [3.63, 3.8) is 0 Å². The van der Waals surface area contributed by atoms with E-state index in [-0.39, 0.29) is 5.41 Å². The summed E-state index contributed by atoms with van der Waals surface area (Å²) in [5, 5.41) is 0. The Morgan fingerprint density at radius 2 is 1.89 bits per heavy atom. The number of fused-ring (bicyclic) bond motifs is 1. The summed E-state index contributed by atoms with van der Waals surface area (Å²) in [4.78, 5) is 0. The predicted octanol–water partition coefficient (Wildman–Crippen LogP) is 5.09. The lowest BCUT2D eigenvalue weighted by atomic mass is 9.82. The first-order chi connectivity index (χ1) is 8.39. The third-order valence-corrected chi connectivity index (χ3v) is 5.47. The van der Waals surface area contributed by atoms with E-state index in [1.165, 1.54) is 36.9 Å². The molecular formula is C15H20I2N+. The molecule has 1 aliphatic rings. The van der Waals surface area contributed by atoms with E-state index in [2.05, 4.69) is 89.6 Å². The largest absolute Gasteiger partial charge is 0.211 e. The first-order valence-electron chi connectivity index (χ1n) is 6.50. The van der Waals surface area contributed by atoms with E-state index in [9.17, 15) is 0 Å². The van der Waals surface area contributed by atoms with Crippen LogP contribution in [0.5, 0.6) is 0 Å². The minimum atomic E-state index is 0.171. The van der Waals surface area contributed by atoms with Crippen molar-refractivity contribution in [2.24, 2.45) is 0 Å². The third-order valence-electron chi connectivity index (χ3n) is 3.99. The Balaban J connectivity index is 2.60. The molecule has 2 rings (SSSR count). The average molecular weight is 468 g/mol. The molecule has 0 amide bonds. The van der Waals surface area contributed by atoms with Crippen molar-refractivity contribution >= 4 is 56.6 Å². The van der Waals surface area contributed by atoms with Gasteiger partial charge in [0, 0.05) is 26.6 Å². The Kier molecular flexibility index (Phi) is 4.41. The fourth-order valence-electron chi connectivity index (χ4n) is 2.69. The number of nitrogens with zero attached hydrogens (tertiary/aromatic N) is 1. The van der Waals surface area contributed by atoms with Crippen molar-refractivity contribution in [1.82, 2.24) is 0 Å². The van der Waals surface area contributed by atoms with Crippen molar-refractivity contribution in [2.75, 3.05) is 6.54 Å². The molecule has 0 fully saturated rings. The Labute approximate surface area is 137 Å². The summed E-state index contributed by atoms with van der Waals surface area (Å²) < 4.78 is 5.27. The highest BCUT2D eigenvalue weighted by Crippen LogP contribution is 2.43. The van der Waals surface area contributed by atoms with Crippen molar-refractivity contribution in [1.29, 1.82) is 0 Å². The van der Waals surface area contributed by atoms with Crippen LogP contribution in [0.1, 0.15) is 46.1 Å². The Bertz CT molecular complexity index is 515. The molecule has 0 saturated carbocycles. The zero-order valence-corrected chi connectivity index (χ0v) is 15.8. The summed E-state index contributed by atoms with van der Waals surface area (Å²) in [6, 6.07) is 4.63. The van der Waals surface area contributed by atoms with Gasteiger partial charge in [0.05, 0.1) is 11.0 Å². The van der Waals surface area contributed by atoms with Gasteiger partial charge in [0.2, 0.25) is 5.69 Å². The van der Waals surface area contributed by atoms with Crippen LogP contribution in [0.2, 0.25) is 0 Å². The summed E-state index contributed by atoms with van der Waals surface area (Å²) in [5.74, 6) is 0. The molecule has 18 heavy (non-hydrogen) atoms. The van der Waals surface area contributed by atoms with Gasteiger partial charge in [-0.1, -0.05) is 13.3 Å². The molecule has 0 unspecified atom stereocenters. The molecule has 0 atom stereocenters. The molecule has 0 bridgehead atoms. The quantitative estimate of drug-likeness (QED) is 0.430.